The molecule has 0 aliphatic carbocycles. The molecule has 2 aromatic heterocycles. The Morgan fingerprint density at radius 2 is 1.87 bits per heavy atom. The summed E-state index contributed by atoms with van der Waals surface area (Å²) >= 11 is 0. The number of hydrogen-bond donors (Lipinski definition) is 3. The van der Waals surface area contributed by atoms with Crippen LogP contribution in [-0.2, 0) is 4.79 Å². The Kier molecular flexibility index (Phi) is 8.34. The first-order chi connectivity index (χ1) is 18.4. The van der Waals surface area contributed by atoms with E-state index in [1.807, 2.05) is 57.5 Å². The van der Waals surface area contributed by atoms with Gasteiger partial charge < -0.3 is 30.2 Å². The molecular formula is C28H32N8O2. The summed E-state index contributed by atoms with van der Waals surface area (Å²) in [5, 5.41) is 6.13. The van der Waals surface area contributed by atoms with Gasteiger partial charge in [0.05, 0.1) is 36.1 Å². The van der Waals surface area contributed by atoms with Gasteiger partial charge in [0, 0.05) is 32.4 Å². The number of carbonyl (C=O) groups is 1. The first-order valence-corrected chi connectivity index (χ1v) is 12.1. The molecule has 196 valence electrons. The van der Waals surface area contributed by atoms with Crippen LogP contribution in [0.5, 0.6) is 5.75 Å². The van der Waals surface area contributed by atoms with Crippen molar-refractivity contribution in [1.82, 2.24) is 24.8 Å². The van der Waals surface area contributed by atoms with Crippen molar-refractivity contribution in [2.75, 3.05) is 56.9 Å². The second-order valence-corrected chi connectivity index (χ2v) is 8.89. The number of benzene rings is 2. The smallest absolute Gasteiger partial charge is 0.247 e. The minimum Gasteiger partial charge on any atom is -0.494 e. The monoisotopic (exact) mass is 512 g/mol. The SMILES string of the molecule is C=CC(=O)Nc1cc(Nc2nccc(-c3ncc(-c4ccccc4)[nH]3)n2)c(OC)cc1N(C)CCN(C)C. The largest absolute Gasteiger partial charge is 0.494 e. The van der Waals surface area contributed by atoms with Gasteiger partial charge in [-0.05, 0) is 37.9 Å². The van der Waals surface area contributed by atoms with Gasteiger partial charge in [-0.25, -0.2) is 15.0 Å². The normalized spacial score (nSPS) is 10.8. The Bertz CT molecular complexity index is 1400. The molecule has 0 fully saturated rings. The maximum absolute atomic E-state index is 12.2. The van der Waals surface area contributed by atoms with Crippen molar-refractivity contribution < 1.29 is 9.53 Å². The van der Waals surface area contributed by atoms with Gasteiger partial charge in [-0.15, -0.1) is 0 Å². The lowest BCUT2D eigenvalue weighted by atomic mass is 10.2. The molecule has 0 spiro atoms. The summed E-state index contributed by atoms with van der Waals surface area (Å²) < 4.78 is 5.68. The number of imidazole rings is 1. The zero-order valence-electron chi connectivity index (χ0n) is 22.0. The van der Waals surface area contributed by atoms with Crippen molar-refractivity contribution >= 4 is 28.9 Å². The van der Waals surface area contributed by atoms with E-state index in [0.717, 1.165) is 30.0 Å². The van der Waals surface area contributed by atoms with Crippen LogP contribution in [0.1, 0.15) is 0 Å². The van der Waals surface area contributed by atoms with E-state index in [9.17, 15) is 4.79 Å². The highest BCUT2D eigenvalue weighted by molar-refractivity contribution is 6.02. The number of nitrogens with one attached hydrogen (secondary N) is 3. The molecule has 4 aromatic rings. The summed E-state index contributed by atoms with van der Waals surface area (Å²) in [6.45, 7) is 5.16. The van der Waals surface area contributed by atoms with Crippen LogP contribution >= 0.6 is 0 Å². The minimum absolute atomic E-state index is 0.311. The van der Waals surface area contributed by atoms with Crippen molar-refractivity contribution in [1.29, 1.82) is 0 Å². The van der Waals surface area contributed by atoms with Crippen LogP contribution < -0.4 is 20.3 Å². The Hall–Kier alpha value is -4.70. The number of likely N-dealkylation sites (N-methyl/N-ethyl adjacent to an activating group) is 2. The Morgan fingerprint density at radius 3 is 2.58 bits per heavy atom. The molecule has 0 saturated heterocycles. The molecule has 38 heavy (non-hydrogen) atoms. The molecule has 0 saturated carbocycles. The molecule has 10 heteroatoms. The quantitative estimate of drug-likeness (QED) is 0.254. The van der Waals surface area contributed by atoms with Gasteiger partial charge >= 0.3 is 0 Å². The van der Waals surface area contributed by atoms with E-state index < -0.39 is 0 Å². The van der Waals surface area contributed by atoms with Gasteiger partial charge in [-0.3, -0.25) is 4.79 Å². The summed E-state index contributed by atoms with van der Waals surface area (Å²) in [5.74, 6) is 1.24. The molecule has 3 N–H and O–H groups in total. The van der Waals surface area contributed by atoms with E-state index in [1.54, 1.807) is 31.6 Å². The fraction of sp³-hybridized carbons (Fsp3) is 0.214. The highest BCUT2D eigenvalue weighted by atomic mass is 16.5. The number of methoxy groups -OCH3 is 1. The number of aromatic nitrogens is 4. The average Bonchev–Trinajstić information content (AvgIpc) is 3.43. The second kappa shape index (κ2) is 12.0. The molecule has 0 unspecified atom stereocenters. The average molecular weight is 513 g/mol. The molecule has 0 aliphatic heterocycles. The molecule has 2 aromatic carbocycles. The van der Waals surface area contributed by atoms with E-state index >= 15 is 0 Å². The summed E-state index contributed by atoms with van der Waals surface area (Å²) in [4.78, 5) is 33.2. The van der Waals surface area contributed by atoms with Crippen LogP contribution in [0.25, 0.3) is 22.8 Å². The first kappa shape index (κ1) is 26.4. The van der Waals surface area contributed by atoms with Crippen LogP contribution in [0.15, 0.2) is 73.6 Å². The van der Waals surface area contributed by atoms with Crippen LogP contribution in [0, 0.1) is 0 Å². The van der Waals surface area contributed by atoms with Gasteiger partial charge in [0.15, 0.2) is 5.82 Å². The van der Waals surface area contributed by atoms with Crippen LogP contribution in [0.4, 0.5) is 23.0 Å². The van der Waals surface area contributed by atoms with E-state index in [-0.39, 0.29) is 5.91 Å². The highest BCUT2D eigenvalue weighted by Gasteiger charge is 2.17. The number of rotatable bonds is 11. The predicted molar refractivity (Wildman–Crippen MR) is 152 cm³/mol. The Labute approximate surface area is 222 Å². The van der Waals surface area contributed by atoms with Crippen molar-refractivity contribution in [2.24, 2.45) is 0 Å². The number of H-pyrrole nitrogens is 1. The van der Waals surface area contributed by atoms with Gasteiger partial charge in [0.2, 0.25) is 11.9 Å². The topological polar surface area (TPSA) is 111 Å². The van der Waals surface area contributed by atoms with Gasteiger partial charge in [0.1, 0.15) is 11.4 Å². The number of ether oxygens (including phenoxy) is 1. The molecule has 0 atom stereocenters. The number of carbonyl (C=O) groups excluding carboxylic acids is 1. The summed E-state index contributed by atoms with van der Waals surface area (Å²) in [5.41, 5.74) is 4.57. The van der Waals surface area contributed by atoms with Crippen LogP contribution in [-0.4, -0.2) is 72.1 Å². The number of anilines is 4. The lowest BCUT2D eigenvalue weighted by Crippen LogP contribution is -2.29. The Morgan fingerprint density at radius 1 is 1.08 bits per heavy atom. The number of nitrogens with zero attached hydrogens (tertiary/aromatic N) is 5. The number of hydrogen-bond acceptors (Lipinski definition) is 8. The maximum atomic E-state index is 12.2. The van der Waals surface area contributed by atoms with Crippen LogP contribution in [0.3, 0.4) is 0 Å². The third-order valence-corrected chi connectivity index (χ3v) is 5.86. The number of aromatic amines is 1. The van der Waals surface area contributed by atoms with Crippen molar-refractivity contribution in [3.05, 3.63) is 73.6 Å². The molecule has 1 amide bonds. The molecule has 10 nitrogen and oxygen atoms in total. The summed E-state index contributed by atoms with van der Waals surface area (Å²) in [6, 6.07) is 15.4. The molecular weight excluding hydrogens is 480 g/mol. The van der Waals surface area contributed by atoms with E-state index in [4.69, 9.17) is 4.74 Å². The fourth-order valence-electron chi connectivity index (χ4n) is 3.79. The molecule has 0 aliphatic rings. The second-order valence-electron chi connectivity index (χ2n) is 8.89. The lowest BCUT2D eigenvalue weighted by molar-refractivity contribution is -0.111. The van der Waals surface area contributed by atoms with Gasteiger partial charge in [-0.2, -0.15) is 0 Å². The van der Waals surface area contributed by atoms with Crippen molar-refractivity contribution in [3.8, 4) is 28.5 Å². The van der Waals surface area contributed by atoms with Gasteiger partial charge in [-0.1, -0.05) is 36.9 Å². The van der Waals surface area contributed by atoms with E-state index in [1.165, 1.54) is 6.08 Å². The third-order valence-electron chi connectivity index (χ3n) is 5.86. The zero-order valence-corrected chi connectivity index (χ0v) is 22.0. The Balaban J connectivity index is 1.64. The van der Waals surface area contributed by atoms with Crippen molar-refractivity contribution in [2.45, 2.75) is 0 Å². The zero-order chi connectivity index (χ0) is 27.1. The van der Waals surface area contributed by atoms with Crippen molar-refractivity contribution in [3.63, 3.8) is 0 Å². The minimum atomic E-state index is -0.311. The lowest BCUT2D eigenvalue weighted by Gasteiger charge is -2.26. The predicted octanol–water partition coefficient (Wildman–Crippen LogP) is 4.41. The fourth-order valence-corrected chi connectivity index (χ4v) is 3.79. The molecule has 2 heterocycles. The van der Waals surface area contributed by atoms with Gasteiger partial charge in [0.25, 0.3) is 0 Å². The molecule has 0 radical (unpaired) electrons. The molecule has 4 rings (SSSR count). The number of amides is 1. The maximum Gasteiger partial charge on any atom is 0.247 e. The highest BCUT2D eigenvalue weighted by Crippen LogP contribution is 2.38. The summed E-state index contributed by atoms with van der Waals surface area (Å²) in [6.07, 6.45) is 4.68. The van der Waals surface area contributed by atoms with E-state index in [0.29, 0.717) is 34.6 Å². The van der Waals surface area contributed by atoms with Crippen LogP contribution in [0.2, 0.25) is 0 Å². The van der Waals surface area contributed by atoms with E-state index in [2.05, 4.69) is 46.9 Å². The third kappa shape index (κ3) is 6.34. The first-order valence-electron chi connectivity index (χ1n) is 12.1. The summed E-state index contributed by atoms with van der Waals surface area (Å²) in [7, 11) is 7.59. The molecule has 0 bridgehead atoms. The standard InChI is InChI=1S/C28H32N8O2/c1-6-26(37)31-21-16-22(25(38-5)17-24(21)36(4)15-14-35(2)3)34-28-29-13-12-20(33-28)27-30-18-23(32-27)19-10-8-7-9-11-19/h6-13,16-18H,1,14-15H2,2-5H3,(H,30,32)(H,31,37)(H,29,33,34).